The van der Waals surface area contributed by atoms with Gasteiger partial charge in [-0.05, 0) is 68.5 Å². The highest BCUT2D eigenvalue weighted by Crippen LogP contribution is 2.56. The average Bonchev–Trinajstić information content (AvgIpc) is 3.28. The predicted molar refractivity (Wildman–Crippen MR) is 162 cm³/mol. The number of hydrogen-bond acceptors (Lipinski definition) is 10. The van der Waals surface area contributed by atoms with Gasteiger partial charge in [0, 0.05) is 37.0 Å². The van der Waals surface area contributed by atoms with E-state index in [4.69, 9.17) is 34.0 Å². The van der Waals surface area contributed by atoms with Gasteiger partial charge in [0.1, 0.15) is 18.5 Å². The Morgan fingerprint density at radius 2 is 1.80 bits per heavy atom. The average molecular weight is 635 g/mol. The zero-order valence-electron chi connectivity index (χ0n) is 25.7. The molecule has 1 aromatic rings. The number of hydrogen-bond donors (Lipinski definition) is 2. The lowest BCUT2D eigenvalue weighted by Crippen LogP contribution is -2.61. The first kappa shape index (κ1) is 35.3. The van der Waals surface area contributed by atoms with Crippen LogP contribution in [0.4, 0.5) is 9.59 Å². The van der Waals surface area contributed by atoms with Crippen LogP contribution in [0.1, 0.15) is 63.7 Å². The number of ether oxygens (including phenoxy) is 4. The third kappa shape index (κ3) is 7.52. The molecule has 44 heavy (non-hydrogen) atoms. The van der Waals surface area contributed by atoms with E-state index in [1.807, 2.05) is 6.92 Å². The lowest BCUT2D eigenvalue weighted by molar-refractivity contribution is -0.193. The standard InChI is InChI=1S/C20H26O6.C7H6O2.C3H6O2S.C2H4O/c1-9-6-15-20(26-19(22)25-15)7-12-11(4-5-14-13(12)8-24-14)17(21)18(23-3)16(9)10(20)2;8-7(9)6-4-2-1-3-5-6;1-2-6-3(4)5;1-2-3/h10-15,18H,4-8H2,1-3H3;1-5H,(H,8,9);2H2,1H3,(H,4,5);2H,1H3. The van der Waals surface area contributed by atoms with Crippen molar-refractivity contribution in [3.05, 3.63) is 47.0 Å². The van der Waals surface area contributed by atoms with E-state index in [1.165, 1.54) is 6.92 Å². The quantitative estimate of drug-likeness (QED) is 0.239. The molecule has 2 N–H and O–H groups in total. The molecule has 0 aromatic heterocycles. The normalized spacial score (nSPS) is 32.6. The van der Waals surface area contributed by atoms with Gasteiger partial charge in [-0.15, -0.1) is 0 Å². The second-order valence-electron chi connectivity index (χ2n) is 11.3. The van der Waals surface area contributed by atoms with E-state index in [0.29, 0.717) is 36.7 Å². The molecule has 11 nitrogen and oxygen atoms in total. The third-order valence-electron chi connectivity index (χ3n) is 9.04. The van der Waals surface area contributed by atoms with Crippen LogP contribution in [0.2, 0.25) is 0 Å². The maximum absolute atomic E-state index is 13.4. The number of carboxylic acids is 1. The maximum Gasteiger partial charge on any atom is 0.509 e. The van der Waals surface area contributed by atoms with Crippen molar-refractivity contribution in [2.24, 2.45) is 23.7 Å². The molecule has 0 amide bonds. The van der Waals surface area contributed by atoms with E-state index in [9.17, 15) is 19.2 Å². The highest BCUT2D eigenvalue weighted by atomic mass is 32.2. The molecule has 8 unspecified atom stereocenters. The van der Waals surface area contributed by atoms with Gasteiger partial charge in [-0.2, -0.15) is 0 Å². The van der Waals surface area contributed by atoms with Crippen LogP contribution in [0.25, 0.3) is 0 Å². The second-order valence-corrected chi connectivity index (χ2v) is 12.5. The van der Waals surface area contributed by atoms with Crippen LogP contribution in [0, 0.1) is 23.7 Å². The van der Waals surface area contributed by atoms with E-state index in [2.05, 4.69) is 6.92 Å². The van der Waals surface area contributed by atoms with Gasteiger partial charge in [-0.3, -0.25) is 4.79 Å². The Balaban J connectivity index is 0.000000242. The molecule has 1 aromatic carbocycles. The van der Waals surface area contributed by atoms with Crippen molar-refractivity contribution in [2.45, 2.75) is 77.3 Å². The van der Waals surface area contributed by atoms with Gasteiger partial charge >= 0.3 is 17.4 Å². The Bertz CT molecular complexity index is 1230. The zero-order chi connectivity index (χ0) is 32.6. The first-order chi connectivity index (χ1) is 20.9. The summed E-state index contributed by atoms with van der Waals surface area (Å²) >= 11 is 0.903. The van der Waals surface area contributed by atoms with E-state index in [0.717, 1.165) is 42.0 Å². The molecule has 5 aliphatic rings. The molecule has 2 heterocycles. The third-order valence-corrected chi connectivity index (χ3v) is 9.57. The number of benzene rings is 1. The van der Waals surface area contributed by atoms with Crippen LogP contribution < -0.4 is 0 Å². The van der Waals surface area contributed by atoms with Crippen molar-refractivity contribution in [1.82, 2.24) is 0 Å². The summed E-state index contributed by atoms with van der Waals surface area (Å²) in [6, 6.07) is 8.30. The molecule has 2 bridgehead atoms. The van der Waals surface area contributed by atoms with Crippen molar-refractivity contribution in [2.75, 3.05) is 19.5 Å². The number of aromatic carboxylic acids is 1. The van der Waals surface area contributed by atoms with Gasteiger partial charge in [0.05, 0.1) is 18.3 Å². The fourth-order valence-corrected chi connectivity index (χ4v) is 7.33. The fraction of sp³-hybridized carbons (Fsp3) is 0.594. The number of thioether (sulfide) groups is 1. The van der Waals surface area contributed by atoms with Gasteiger partial charge in [0.2, 0.25) is 0 Å². The lowest BCUT2D eigenvalue weighted by Gasteiger charge is -2.55. The molecule has 0 radical (unpaired) electrons. The van der Waals surface area contributed by atoms with Crippen molar-refractivity contribution in [3.63, 3.8) is 0 Å². The number of methoxy groups -OCH3 is 1. The summed E-state index contributed by atoms with van der Waals surface area (Å²) in [4.78, 5) is 54.1. The molecule has 3 aliphatic carbocycles. The summed E-state index contributed by atoms with van der Waals surface area (Å²) in [6.07, 6.45) is 2.63. The number of ketones is 1. The molecular formula is C32H42O11S. The van der Waals surface area contributed by atoms with Gasteiger partial charge in [-0.1, -0.05) is 37.6 Å². The van der Waals surface area contributed by atoms with Crippen molar-refractivity contribution in [3.8, 4) is 0 Å². The Labute approximate surface area is 261 Å². The molecular weight excluding hydrogens is 592 g/mol. The first-order valence-electron chi connectivity index (χ1n) is 14.8. The predicted octanol–water partition coefficient (Wildman–Crippen LogP) is 5.65. The summed E-state index contributed by atoms with van der Waals surface area (Å²) in [6.45, 7) is 8.03. The number of rotatable bonds is 3. The van der Waals surface area contributed by atoms with Crippen LogP contribution >= 0.6 is 11.8 Å². The van der Waals surface area contributed by atoms with Gasteiger partial charge in [0.15, 0.2) is 11.4 Å². The summed E-state index contributed by atoms with van der Waals surface area (Å²) in [7, 11) is 1.61. The van der Waals surface area contributed by atoms with Gasteiger partial charge in [0.25, 0.3) is 0 Å². The van der Waals surface area contributed by atoms with Crippen LogP contribution in [0.15, 0.2) is 41.5 Å². The number of carbonyl (C=O) groups excluding carboxylic acids is 3. The molecule has 242 valence electrons. The smallest absolute Gasteiger partial charge is 0.478 e. The summed E-state index contributed by atoms with van der Waals surface area (Å²) < 4.78 is 23.0. The van der Waals surface area contributed by atoms with Crippen molar-refractivity contribution in [1.29, 1.82) is 0 Å². The fourth-order valence-electron chi connectivity index (χ4n) is 7.08. The van der Waals surface area contributed by atoms with Crippen LogP contribution in [0.3, 0.4) is 0 Å². The minimum Gasteiger partial charge on any atom is -0.478 e. The number of carbonyl (C=O) groups is 5. The highest BCUT2D eigenvalue weighted by molar-refractivity contribution is 8.13. The lowest BCUT2D eigenvalue weighted by atomic mass is 9.56. The molecule has 1 spiro atoms. The number of fused-ring (bicyclic) bond motifs is 4. The Morgan fingerprint density at radius 3 is 2.27 bits per heavy atom. The van der Waals surface area contributed by atoms with E-state index in [1.54, 1.807) is 44.4 Å². The molecule has 6 rings (SSSR count). The molecule has 12 heteroatoms. The Kier molecular flexibility index (Phi) is 12.6. The van der Waals surface area contributed by atoms with Crippen LogP contribution in [0.5, 0.6) is 0 Å². The SMILES string of the molecule is CC=O.CCSC(=O)O.COC1C(=O)C2CCC3OCC3C2CC23OC(=O)OC2CC(C)=C1C3C.O=C(O)c1ccccc1. The number of aldehydes is 1. The summed E-state index contributed by atoms with van der Waals surface area (Å²) in [5.74, 6) is 0.338. The van der Waals surface area contributed by atoms with Gasteiger partial charge in [-0.25, -0.2) is 14.4 Å². The molecule has 8 atom stereocenters. The molecule has 2 saturated carbocycles. The monoisotopic (exact) mass is 634 g/mol. The summed E-state index contributed by atoms with van der Waals surface area (Å²) in [5, 5.41) is 15.5. The number of Topliss-reactive ketones (excluding diaryl/α,β-unsaturated/α-hetero) is 1. The molecule has 2 saturated heterocycles. The minimum absolute atomic E-state index is 0.0599. The second kappa shape index (κ2) is 15.7. The largest absolute Gasteiger partial charge is 0.509 e. The van der Waals surface area contributed by atoms with Crippen molar-refractivity contribution >= 4 is 41.3 Å². The first-order valence-corrected chi connectivity index (χ1v) is 15.7. The van der Waals surface area contributed by atoms with E-state index < -0.39 is 29.1 Å². The van der Waals surface area contributed by atoms with Gasteiger partial charge < -0.3 is 34.0 Å². The Morgan fingerprint density at radius 1 is 1.14 bits per heavy atom. The van der Waals surface area contributed by atoms with E-state index in [-0.39, 0.29) is 35.7 Å². The zero-order valence-corrected chi connectivity index (χ0v) is 26.5. The Hall–Kier alpha value is -3.22. The minimum atomic E-state index is -0.879. The van der Waals surface area contributed by atoms with Crippen LogP contribution in [-0.2, 0) is 28.5 Å². The highest BCUT2D eigenvalue weighted by Gasteiger charge is 2.64. The number of carboxylic acid groups (broad SMARTS) is 2. The van der Waals surface area contributed by atoms with Crippen LogP contribution in [-0.4, -0.2) is 83.1 Å². The molecule has 4 fully saturated rings. The molecule has 2 aliphatic heterocycles. The summed E-state index contributed by atoms with van der Waals surface area (Å²) in [5.41, 5.74) is 1.73. The topological polar surface area (TPSA) is 163 Å². The van der Waals surface area contributed by atoms with Crippen molar-refractivity contribution < 1.29 is 53.1 Å². The maximum atomic E-state index is 13.4. The van der Waals surface area contributed by atoms with E-state index >= 15 is 0 Å².